The molecule has 2 aromatic carbocycles. The Morgan fingerprint density at radius 3 is 2.06 bits per heavy atom. The molecular formula is C13H10F3N. The minimum Gasteiger partial charge on any atom is -0.396 e. The van der Waals surface area contributed by atoms with E-state index in [-0.39, 0.29) is 5.69 Å². The quantitative estimate of drug-likeness (QED) is 0.752. The molecule has 0 saturated carbocycles. The fraction of sp³-hybridized carbons (Fsp3) is 0.0769. The highest BCUT2D eigenvalue weighted by Crippen LogP contribution is 2.28. The molecule has 2 N–H and O–H groups in total. The number of rotatable bonds is 1. The summed E-state index contributed by atoms with van der Waals surface area (Å²) in [5, 5.41) is 0. The van der Waals surface area contributed by atoms with Crippen LogP contribution in [0.2, 0.25) is 0 Å². The highest BCUT2D eigenvalue weighted by atomic mass is 19.1. The molecule has 0 amide bonds. The van der Waals surface area contributed by atoms with Crippen molar-refractivity contribution in [1.82, 2.24) is 0 Å². The molecular weight excluding hydrogens is 227 g/mol. The zero-order valence-corrected chi connectivity index (χ0v) is 9.10. The van der Waals surface area contributed by atoms with Crippen molar-refractivity contribution in [2.24, 2.45) is 0 Å². The molecule has 88 valence electrons. The van der Waals surface area contributed by atoms with E-state index in [4.69, 9.17) is 5.73 Å². The summed E-state index contributed by atoms with van der Waals surface area (Å²) in [4.78, 5) is 0. The molecule has 0 unspecified atom stereocenters. The molecule has 0 fully saturated rings. The third-order valence-electron chi connectivity index (χ3n) is 2.52. The first kappa shape index (κ1) is 11.5. The van der Waals surface area contributed by atoms with Gasteiger partial charge < -0.3 is 5.73 Å². The largest absolute Gasteiger partial charge is 0.396 e. The molecule has 0 aliphatic heterocycles. The number of aryl methyl sites for hydroxylation is 1. The predicted octanol–water partition coefficient (Wildman–Crippen LogP) is 3.66. The molecule has 2 aromatic rings. The van der Waals surface area contributed by atoms with Crippen LogP contribution in [-0.4, -0.2) is 0 Å². The molecule has 0 heterocycles. The first-order valence-corrected chi connectivity index (χ1v) is 4.99. The molecule has 0 saturated heterocycles. The van der Waals surface area contributed by atoms with Gasteiger partial charge in [-0.2, -0.15) is 0 Å². The lowest BCUT2D eigenvalue weighted by molar-refractivity contribution is 0.584. The van der Waals surface area contributed by atoms with Gasteiger partial charge in [0.15, 0.2) is 0 Å². The Morgan fingerprint density at radius 2 is 1.47 bits per heavy atom. The summed E-state index contributed by atoms with van der Waals surface area (Å²) in [5.41, 5.74) is 6.82. The van der Waals surface area contributed by atoms with Gasteiger partial charge in [-0.15, -0.1) is 0 Å². The second-order valence-electron chi connectivity index (χ2n) is 3.85. The zero-order chi connectivity index (χ0) is 12.6. The third kappa shape index (κ3) is 2.25. The summed E-state index contributed by atoms with van der Waals surface area (Å²) in [7, 11) is 0. The second-order valence-corrected chi connectivity index (χ2v) is 3.85. The molecule has 0 radical (unpaired) electrons. The lowest BCUT2D eigenvalue weighted by Gasteiger charge is -2.08. The number of benzene rings is 2. The van der Waals surface area contributed by atoms with Gasteiger partial charge in [-0.3, -0.25) is 0 Å². The summed E-state index contributed by atoms with van der Waals surface area (Å²) in [6.45, 7) is 1.65. The number of anilines is 1. The number of hydrogen-bond donors (Lipinski definition) is 1. The molecule has 17 heavy (non-hydrogen) atoms. The Kier molecular flexibility index (Phi) is 2.79. The van der Waals surface area contributed by atoms with E-state index >= 15 is 0 Å². The van der Waals surface area contributed by atoms with E-state index in [1.165, 1.54) is 24.3 Å². The number of nitrogens with two attached hydrogens (primary N) is 1. The van der Waals surface area contributed by atoms with E-state index < -0.39 is 17.5 Å². The van der Waals surface area contributed by atoms with Crippen LogP contribution in [-0.2, 0) is 0 Å². The first-order chi connectivity index (χ1) is 7.97. The van der Waals surface area contributed by atoms with Gasteiger partial charge in [-0.25, -0.2) is 13.2 Å². The first-order valence-electron chi connectivity index (χ1n) is 4.99. The van der Waals surface area contributed by atoms with Gasteiger partial charge in [-0.05, 0) is 47.9 Å². The lowest BCUT2D eigenvalue weighted by atomic mass is 9.99. The summed E-state index contributed by atoms with van der Waals surface area (Å²) < 4.78 is 39.3. The molecule has 4 heteroatoms. The molecule has 0 aliphatic rings. The van der Waals surface area contributed by atoms with Gasteiger partial charge >= 0.3 is 0 Å². The van der Waals surface area contributed by atoms with E-state index in [0.717, 1.165) is 6.07 Å². The standard InChI is InChI=1S/C13H10F3N/c1-7-2-12(16)13(17)6-11(7)8-3-9(14)5-10(15)4-8/h2-6H,17H2,1H3. The Labute approximate surface area is 96.7 Å². The Morgan fingerprint density at radius 1 is 0.882 bits per heavy atom. The van der Waals surface area contributed by atoms with Crippen LogP contribution in [0.15, 0.2) is 30.3 Å². The van der Waals surface area contributed by atoms with Crippen LogP contribution < -0.4 is 5.73 Å². The van der Waals surface area contributed by atoms with E-state index in [2.05, 4.69) is 0 Å². The van der Waals surface area contributed by atoms with E-state index in [1.54, 1.807) is 6.92 Å². The van der Waals surface area contributed by atoms with Gasteiger partial charge in [0.05, 0.1) is 5.69 Å². The SMILES string of the molecule is Cc1cc(F)c(N)cc1-c1cc(F)cc(F)c1. The maximum atomic E-state index is 13.2. The Bertz CT molecular complexity index is 559. The van der Waals surface area contributed by atoms with Crippen LogP contribution in [0.25, 0.3) is 11.1 Å². The van der Waals surface area contributed by atoms with Gasteiger partial charge in [0.1, 0.15) is 17.5 Å². The molecule has 0 atom stereocenters. The van der Waals surface area contributed by atoms with Crippen LogP contribution >= 0.6 is 0 Å². The van der Waals surface area contributed by atoms with Crippen molar-refractivity contribution >= 4 is 5.69 Å². The summed E-state index contributed by atoms with van der Waals surface area (Å²) >= 11 is 0. The van der Waals surface area contributed by atoms with Gasteiger partial charge in [0, 0.05) is 6.07 Å². The van der Waals surface area contributed by atoms with Crippen LogP contribution in [0.4, 0.5) is 18.9 Å². The predicted molar refractivity (Wildman–Crippen MR) is 60.9 cm³/mol. The molecule has 1 nitrogen and oxygen atoms in total. The topological polar surface area (TPSA) is 26.0 Å². The van der Waals surface area contributed by atoms with Gasteiger partial charge in [-0.1, -0.05) is 0 Å². The Balaban J connectivity index is 2.64. The van der Waals surface area contributed by atoms with Crippen LogP contribution in [0.1, 0.15) is 5.56 Å². The van der Waals surface area contributed by atoms with E-state index in [9.17, 15) is 13.2 Å². The molecule has 0 spiro atoms. The van der Waals surface area contributed by atoms with Crippen molar-refractivity contribution in [3.63, 3.8) is 0 Å². The highest BCUT2D eigenvalue weighted by molar-refractivity contribution is 5.71. The average molecular weight is 237 g/mol. The molecule has 0 aromatic heterocycles. The van der Waals surface area contributed by atoms with Crippen LogP contribution in [0.3, 0.4) is 0 Å². The smallest absolute Gasteiger partial charge is 0.146 e. The van der Waals surface area contributed by atoms with Gasteiger partial charge in [0.25, 0.3) is 0 Å². The second kappa shape index (κ2) is 4.13. The maximum Gasteiger partial charge on any atom is 0.146 e. The lowest BCUT2D eigenvalue weighted by Crippen LogP contribution is -1.94. The van der Waals surface area contributed by atoms with Crippen LogP contribution in [0.5, 0.6) is 0 Å². The fourth-order valence-electron chi connectivity index (χ4n) is 1.71. The minimum atomic E-state index is -0.678. The molecule has 0 bridgehead atoms. The summed E-state index contributed by atoms with van der Waals surface area (Å²) in [6, 6.07) is 5.77. The third-order valence-corrected chi connectivity index (χ3v) is 2.52. The van der Waals surface area contributed by atoms with Crippen LogP contribution in [0, 0.1) is 24.4 Å². The van der Waals surface area contributed by atoms with Crippen molar-refractivity contribution < 1.29 is 13.2 Å². The normalized spacial score (nSPS) is 10.6. The highest BCUT2D eigenvalue weighted by Gasteiger charge is 2.09. The summed E-state index contributed by atoms with van der Waals surface area (Å²) in [6.07, 6.45) is 0. The van der Waals surface area contributed by atoms with Crippen molar-refractivity contribution in [2.75, 3.05) is 5.73 Å². The van der Waals surface area contributed by atoms with Crippen molar-refractivity contribution in [3.05, 3.63) is 53.3 Å². The van der Waals surface area contributed by atoms with E-state index in [1.807, 2.05) is 0 Å². The molecule has 0 aliphatic carbocycles. The zero-order valence-electron chi connectivity index (χ0n) is 9.10. The monoisotopic (exact) mass is 237 g/mol. The van der Waals surface area contributed by atoms with E-state index in [0.29, 0.717) is 16.7 Å². The summed E-state index contributed by atoms with van der Waals surface area (Å²) in [5.74, 6) is -1.90. The maximum absolute atomic E-state index is 13.2. The van der Waals surface area contributed by atoms with Crippen molar-refractivity contribution in [1.29, 1.82) is 0 Å². The van der Waals surface area contributed by atoms with Gasteiger partial charge in [0.2, 0.25) is 0 Å². The molecule has 2 rings (SSSR count). The number of halogens is 3. The van der Waals surface area contributed by atoms with Crippen molar-refractivity contribution in [3.8, 4) is 11.1 Å². The fourth-order valence-corrected chi connectivity index (χ4v) is 1.71. The average Bonchev–Trinajstić information content (AvgIpc) is 2.22. The minimum absolute atomic E-state index is 0.0460. The number of hydrogen-bond acceptors (Lipinski definition) is 1. The Hall–Kier alpha value is -1.97. The van der Waals surface area contributed by atoms with Crippen molar-refractivity contribution in [2.45, 2.75) is 6.92 Å². The number of nitrogen functional groups attached to an aromatic ring is 1.